The molecule has 168 valence electrons. The van der Waals surface area contributed by atoms with Gasteiger partial charge in [0.05, 0.1) is 20.3 Å². The van der Waals surface area contributed by atoms with Crippen molar-refractivity contribution < 1.29 is 33.7 Å². The molecule has 0 saturated carbocycles. The van der Waals surface area contributed by atoms with Crippen molar-refractivity contribution in [3.05, 3.63) is 52.6 Å². The molecule has 3 rings (SSSR count). The Hall–Kier alpha value is -3.66. The minimum Gasteiger partial charge on any atom is -0.507 e. The van der Waals surface area contributed by atoms with E-state index in [1.54, 1.807) is 25.1 Å². The maximum absolute atomic E-state index is 12.9. The molecular formula is C22H22N2O7S. The summed E-state index contributed by atoms with van der Waals surface area (Å²) in [5.41, 5.74) is 7.38. The number of methoxy groups -OCH3 is 1. The number of benzene rings is 2. The fourth-order valence-electron chi connectivity index (χ4n) is 3.36. The Morgan fingerprint density at radius 3 is 2.66 bits per heavy atom. The zero-order chi connectivity index (χ0) is 23.4. The van der Waals surface area contributed by atoms with Crippen LogP contribution >= 0.6 is 12.2 Å². The molecule has 10 heteroatoms. The van der Waals surface area contributed by atoms with Crippen molar-refractivity contribution in [1.82, 2.24) is 4.90 Å². The number of phenolic OH excluding ortho intramolecular Hbond substituents is 1. The monoisotopic (exact) mass is 458 g/mol. The van der Waals surface area contributed by atoms with E-state index in [9.17, 15) is 19.5 Å². The van der Waals surface area contributed by atoms with Gasteiger partial charge in [0.15, 0.2) is 12.4 Å². The van der Waals surface area contributed by atoms with Gasteiger partial charge in [-0.05, 0) is 24.6 Å². The molecule has 3 N–H and O–H groups in total. The highest BCUT2D eigenvalue weighted by molar-refractivity contribution is 7.80. The second kappa shape index (κ2) is 9.65. The summed E-state index contributed by atoms with van der Waals surface area (Å²) < 4.78 is 15.3. The molecule has 0 aromatic heterocycles. The van der Waals surface area contributed by atoms with E-state index >= 15 is 0 Å². The number of nitrogens with zero attached hydrogens (tertiary/aromatic N) is 1. The first kappa shape index (κ1) is 23.0. The van der Waals surface area contributed by atoms with Crippen LogP contribution in [0.2, 0.25) is 0 Å². The number of fused-ring (bicyclic) bond motifs is 1. The second-order valence-electron chi connectivity index (χ2n) is 6.93. The average molecular weight is 458 g/mol. The summed E-state index contributed by atoms with van der Waals surface area (Å²) in [6.45, 7) is 1.45. The van der Waals surface area contributed by atoms with Gasteiger partial charge in [0.25, 0.3) is 5.91 Å². The van der Waals surface area contributed by atoms with Gasteiger partial charge in [0, 0.05) is 29.8 Å². The molecule has 1 amide bonds. The molecule has 1 aliphatic rings. The first-order valence-electron chi connectivity index (χ1n) is 9.69. The Morgan fingerprint density at radius 2 is 2.00 bits per heavy atom. The molecular weight excluding hydrogens is 436 g/mol. The summed E-state index contributed by atoms with van der Waals surface area (Å²) in [6.07, 6.45) is 0. The molecule has 0 bridgehead atoms. The molecule has 0 unspecified atom stereocenters. The molecule has 0 spiro atoms. The van der Waals surface area contributed by atoms with Crippen molar-refractivity contribution in [3.8, 4) is 17.2 Å². The lowest BCUT2D eigenvalue weighted by molar-refractivity contribution is -0.145. The van der Waals surface area contributed by atoms with Gasteiger partial charge in [-0.1, -0.05) is 18.3 Å². The van der Waals surface area contributed by atoms with Gasteiger partial charge >= 0.3 is 5.97 Å². The topological polar surface area (TPSA) is 128 Å². The highest BCUT2D eigenvalue weighted by Crippen LogP contribution is 2.34. The van der Waals surface area contributed by atoms with Gasteiger partial charge in [0.2, 0.25) is 0 Å². The Kier molecular flexibility index (Phi) is 6.94. The molecule has 0 atom stereocenters. The van der Waals surface area contributed by atoms with Crippen LogP contribution in [0.3, 0.4) is 0 Å². The summed E-state index contributed by atoms with van der Waals surface area (Å²) in [5.74, 6) is -1.62. The number of hydrogen-bond acceptors (Lipinski definition) is 8. The molecule has 9 nitrogen and oxygen atoms in total. The molecule has 1 heterocycles. The molecule has 0 radical (unpaired) electrons. The number of phenols is 1. The predicted octanol–water partition coefficient (Wildman–Crippen LogP) is 1.82. The molecule has 32 heavy (non-hydrogen) atoms. The molecule has 0 saturated heterocycles. The van der Waals surface area contributed by atoms with Gasteiger partial charge in [-0.3, -0.25) is 9.59 Å². The van der Waals surface area contributed by atoms with Gasteiger partial charge in [-0.15, -0.1) is 0 Å². The number of esters is 1. The third-order valence-electron chi connectivity index (χ3n) is 4.82. The van der Waals surface area contributed by atoms with Crippen molar-refractivity contribution >= 4 is 34.9 Å². The zero-order valence-corrected chi connectivity index (χ0v) is 18.4. The second-order valence-corrected chi connectivity index (χ2v) is 7.37. The largest absolute Gasteiger partial charge is 0.507 e. The number of hydrogen-bond donors (Lipinski definition) is 2. The number of thiocarbonyl (C=S) groups is 1. The van der Waals surface area contributed by atoms with Crippen LogP contribution < -0.4 is 15.2 Å². The fraction of sp³-hybridized carbons (Fsp3) is 0.273. The van der Waals surface area contributed by atoms with Crippen LogP contribution in [-0.4, -0.2) is 59.5 Å². The van der Waals surface area contributed by atoms with Crippen LogP contribution in [0.15, 0.2) is 30.3 Å². The number of ketones is 1. The van der Waals surface area contributed by atoms with E-state index in [-0.39, 0.29) is 54.3 Å². The van der Waals surface area contributed by atoms with E-state index in [1.165, 1.54) is 24.1 Å². The lowest BCUT2D eigenvalue weighted by Crippen LogP contribution is -2.30. The molecule has 2 aromatic rings. The minimum atomic E-state index is -0.572. The van der Waals surface area contributed by atoms with Crippen LogP contribution in [-0.2, 0) is 16.1 Å². The van der Waals surface area contributed by atoms with Gasteiger partial charge in [-0.2, -0.15) is 0 Å². The van der Waals surface area contributed by atoms with Crippen molar-refractivity contribution in [2.75, 3.05) is 26.9 Å². The Balaban J connectivity index is 1.76. The lowest BCUT2D eigenvalue weighted by Gasteiger charge is -2.17. The SMILES string of the molecule is CCOC(=O)COc1cc(O)c(C(=O)CN2Cc3cc(C(N)=S)ccc3C2=O)c(OC)c1. The van der Waals surface area contributed by atoms with Crippen LogP contribution in [0.25, 0.3) is 0 Å². The van der Waals surface area contributed by atoms with Gasteiger partial charge in [-0.25, -0.2) is 4.79 Å². The summed E-state index contributed by atoms with van der Waals surface area (Å²) in [5, 5.41) is 10.4. The van der Waals surface area contributed by atoms with Crippen molar-refractivity contribution in [3.63, 3.8) is 0 Å². The maximum atomic E-state index is 12.9. The van der Waals surface area contributed by atoms with Crippen LogP contribution in [0, 0.1) is 0 Å². The number of nitrogens with two attached hydrogens (primary N) is 1. The number of carbonyl (C=O) groups is 3. The van der Waals surface area contributed by atoms with E-state index in [1.807, 2.05) is 0 Å². The lowest BCUT2D eigenvalue weighted by atomic mass is 10.1. The Labute approximate surface area is 189 Å². The fourth-order valence-corrected chi connectivity index (χ4v) is 3.49. The summed E-state index contributed by atoms with van der Waals surface area (Å²) in [7, 11) is 1.33. The Morgan fingerprint density at radius 1 is 1.25 bits per heavy atom. The standard InChI is InChI=1S/C22H22N2O7S/c1-3-30-19(27)11-31-14-7-16(25)20(18(8-14)29-2)17(26)10-24-9-13-6-12(21(23)32)4-5-15(13)22(24)28/h4-8,25H,3,9-11H2,1-2H3,(H2,23,32). The summed E-state index contributed by atoms with van der Waals surface area (Å²) in [4.78, 5) is 38.7. The van der Waals surface area contributed by atoms with E-state index in [2.05, 4.69) is 0 Å². The number of carbonyl (C=O) groups excluding carboxylic acids is 3. The van der Waals surface area contributed by atoms with Gasteiger partial charge < -0.3 is 30.0 Å². The minimum absolute atomic E-state index is 0.0498. The normalized spacial score (nSPS) is 12.3. The molecule has 1 aliphatic heterocycles. The highest BCUT2D eigenvalue weighted by atomic mass is 32.1. The summed E-state index contributed by atoms with van der Waals surface area (Å²) >= 11 is 4.97. The summed E-state index contributed by atoms with van der Waals surface area (Å²) in [6, 6.07) is 7.59. The Bertz CT molecular complexity index is 1100. The number of amides is 1. The van der Waals surface area contributed by atoms with Gasteiger partial charge in [0.1, 0.15) is 27.8 Å². The number of ether oxygens (including phenoxy) is 3. The zero-order valence-electron chi connectivity index (χ0n) is 17.5. The maximum Gasteiger partial charge on any atom is 0.344 e. The smallest absolute Gasteiger partial charge is 0.344 e. The van der Waals surface area contributed by atoms with E-state index in [0.29, 0.717) is 16.7 Å². The van der Waals surface area contributed by atoms with Crippen molar-refractivity contribution in [2.45, 2.75) is 13.5 Å². The van der Waals surface area contributed by atoms with E-state index in [0.717, 1.165) is 0 Å². The quantitative estimate of drug-likeness (QED) is 0.328. The third-order valence-corrected chi connectivity index (χ3v) is 5.05. The van der Waals surface area contributed by atoms with E-state index < -0.39 is 17.5 Å². The van der Waals surface area contributed by atoms with Crippen molar-refractivity contribution in [1.29, 1.82) is 0 Å². The van der Waals surface area contributed by atoms with Crippen LogP contribution in [0.5, 0.6) is 17.2 Å². The molecule has 0 aliphatic carbocycles. The third kappa shape index (κ3) is 4.80. The number of Topliss-reactive ketones (excluding diaryl/α,β-unsaturated/α-hetero) is 1. The predicted molar refractivity (Wildman–Crippen MR) is 118 cm³/mol. The van der Waals surface area contributed by atoms with Crippen molar-refractivity contribution in [2.24, 2.45) is 5.73 Å². The van der Waals surface area contributed by atoms with Crippen LogP contribution in [0.4, 0.5) is 0 Å². The van der Waals surface area contributed by atoms with Crippen LogP contribution in [0.1, 0.15) is 38.8 Å². The average Bonchev–Trinajstić information content (AvgIpc) is 3.06. The first-order valence-corrected chi connectivity index (χ1v) is 10.1. The molecule has 0 fully saturated rings. The highest BCUT2D eigenvalue weighted by Gasteiger charge is 2.31. The number of aromatic hydroxyl groups is 1. The number of rotatable bonds is 9. The molecule has 2 aromatic carbocycles. The van der Waals surface area contributed by atoms with E-state index in [4.69, 9.17) is 32.2 Å². The first-order chi connectivity index (χ1) is 15.2.